The maximum atomic E-state index is 12.9. The molecule has 1 saturated heterocycles. The van der Waals surface area contributed by atoms with Crippen molar-refractivity contribution in [3.05, 3.63) is 29.0 Å². The van der Waals surface area contributed by atoms with Gasteiger partial charge in [-0.25, -0.2) is 8.42 Å². The van der Waals surface area contributed by atoms with Crippen molar-refractivity contribution >= 4 is 45.0 Å². The van der Waals surface area contributed by atoms with E-state index in [2.05, 4.69) is 20.1 Å². The number of thioether (sulfide) groups is 1. The van der Waals surface area contributed by atoms with Crippen LogP contribution in [0, 0.1) is 6.92 Å². The SMILES string of the molecule is Cc1nnc(SCC(=O)Nc2cc(S(=O)(=O)N3CCCCC3)ccc2Cl)n1C1CC1. The topological polar surface area (TPSA) is 97.2 Å². The summed E-state index contributed by atoms with van der Waals surface area (Å²) in [5.41, 5.74) is 0.292. The first-order chi connectivity index (χ1) is 14.4. The number of hydrogen-bond donors (Lipinski definition) is 1. The highest BCUT2D eigenvalue weighted by molar-refractivity contribution is 7.99. The van der Waals surface area contributed by atoms with Gasteiger partial charge in [0.2, 0.25) is 15.9 Å². The Hall–Kier alpha value is -1.62. The zero-order chi connectivity index (χ0) is 21.3. The number of nitrogens with one attached hydrogen (secondary N) is 1. The largest absolute Gasteiger partial charge is 0.324 e. The van der Waals surface area contributed by atoms with Crippen LogP contribution in [0.15, 0.2) is 28.3 Å². The molecule has 11 heteroatoms. The van der Waals surface area contributed by atoms with E-state index in [0.717, 1.165) is 43.1 Å². The zero-order valence-corrected chi connectivity index (χ0v) is 19.1. The molecule has 30 heavy (non-hydrogen) atoms. The summed E-state index contributed by atoms with van der Waals surface area (Å²) in [6, 6.07) is 4.86. The highest BCUT2D eigenvalue weighted by atomic mass is 35.5. The van der Waals surface area contributed by atoms with Crippen LogP contribution in [0.25, 0.3) is 0 Å². The first-order valence-electron chi connectivity index (χ1n) is 10.00. The summed E-state index contributed by atoms with van der Waals surface area (Å²) in [6.45, 7) is 2.94. The van der Waals surface area contributed by atoms with Gasteiger partial charge in [0.1, 0.15) is 5.82 Å². The Balaban J connectivity index is 1.44. The van der Waals surface area contributed by atoms with Gasteiger partial charge in [-0.05, 0) is 50.8 Å². The minimum absolute atomic E-state index is 0.129. The van der Waals surface area contributed by atoms with Gasteiger partial charge in [0.05, 0.1) is 21.4 Å². The van der Waals surface area contributed by atoms with Gasteiger partial charge in [0.25, 0.3) is 0 Å². The fourth-order valence-electron chi connectivity index (χ4n) is 3.53. The lowest BCUT2D eigenvalue weighted by molar-refractivity contribution is -0.113. The van der Waals surface area contributed by atoms with Crippen LogP contribution in [-0.4, -0.2) is 52.2 Å². The van der Waals surface area contributed by atoms with E-state index in [4.69, 9.17) is 11.6 Å². The average molecular weight is 470 g/mol. The highest BCUT2D eigenvalue weighted by Gasteiger charge is 2.29. The number of piperidine rings is 1. The van der Waals surface area contributed by atoms with Crippen molar-refractivity contribution < 1.29 is 13.2 Å². The van der Waals surface area contributed by atoms with Gasteiger partial charge < -0.3 is 9.88 Å². The van der Waals surface area contributed by atoms with Crippen molar-refractivity contribution in [2.24, 2.45) is 0 Å². The summed E-state index contributed by atoms with van der Waals surface area (Å²) < 4.78 is 29.4. The number of anilines is 1. The molecule has 162 valence electrons. The summed E-state index contributed by atoms with van der Waals surface area (Å²) >= 11 is 7.52. The number of amides is 1. The van der Waals surface area contributed by atoms with Crippen molar-refractivity contribution in [2.45, 2.75) is 55.1 Å². The van der Waals surface area contributed by atoms with E-state index in [1.165, 1.54) is 34.3 Å². The molecule has 2 aliphatic rings. The number of halogens is 1. The van der Waals surface area contributed by atoms with Crippen LogP contribution < -0.4 is 5.32 Å². The third kappa shape index (κ3) is 4.66. The number of aryl methyl sites for hydroxylation is 1. The Labute approximate surface area is 185 Å². The predicted octanol–water partition coefficient (Wildman–Crippen LogP) is 3.48. The minimum Gasteiger partial charge on any atom is -0.324 e. The molecule has 0 unspecified atom stereocenters. The molecule has 1 aromatic heterocycles. The van der Waals surface area contributed by atoms with E-state index < -0.39 is 10.0 Å². The molecule has 0 atom stereocenters. The summed E-state index contributed by atoms with van der Waals surface area (Å²) in [5.74, 6) is 0.695. The Morgan fingerprint density at radius 2 is 1.97 bits per heavy atom. The molecule has 2 aromatic rings. The Morgan fingerprint density at radius 3 is 2.67 bits per heavy atom. The smallest absolute Gasteiger partial charge is 0.243 e. The molecule has 1 aromatic carbocycles. The van der Waals surface area contributed by atoms with Gasteiger partial charge in [-0.3, -0.25) is 4.79 Å². The molecule has 1 aliphatic carbocycles. The third-order valence-corrected chi connectivity index (χ3v) is 8.41. The van der Waals surface area contributed by atoms with E-state index in [9.17, 15) is 13.2 Å². The van der Waals surface area contributed by atoms with Crippen molar-refractivity contribution in [2.75, 3.05) is 24.2 Å². The molecule has 1 amide bonds. The third-order valence-electron chi connectivity index (χ3n) is 5.24. The number of nitrogens with zero attached hydrogens (tertiary/aromatic N) is 4. The van der Waals surface area contributed by atoms with Crippen LogP contribution in [0.1, 0.15) is 44.0 Å². The number of benzene rings is 1. The molecule has 4 rings (SSSR count). The average Bonchev–Trinajstić information content (AvgIpc) is 3.50. The van der Waals surface area contributed by atoms with Crippen LogP contribution in [0.5, 0.6) is 0 Å². The first-order valence-corrected chi connectivity index (χ1v) is 12.8. The monoisotopic (exact) mass is 469 g/mol. The maximum absolute atomic E-state index is 12.9. The standard InChI is InChI=1S/C19H24ClN5O3S2/c1-13-22-23-19(25(13)14-5-6-14)29-12-18(26)21-17-11-15(7-8-16(17)20)30(27,28)24-9-3-2-4-10-24/h7-8,11,14H,2-6,9-10,12H2,1H3,(H,21,26). The minimum atomic E-state index is -3.60. The molecule has 2 fully saturated rings. The molecule has 8 nitrogen and oxygen atoms in total. The molecular weight excluding hydrogens is 446 g/mol. The first kappa shape index (κ1) is 21.6. The fourth-order valence-corrected chi connectivity index (χ4v) is 6.09. The van der Waals surface area contributed by atoms with Crippen molar-refractivity contribution in [3.8, 4) is 0 Å². The Morgan fingerprint density at radius 1 is 1.23 bits per heavy atom. The second kappa shape index (κ2) is 8.86. The van der Waals surface area contributed by atoms with E-state index in [-0.39, 0.29) is 16.6 Å². The predicted molar refractivity (Wildman–Crippen MR) is 116 cm³/mol. The number of carbonyl (C=O) groups excluding carboxylic acids is 1. The van der Waals surface area contributed by atoms with Crippen molar-refractivity contribution in [3.63, 3.8) is 0 Å². The molecule has 1 aliphatic heterocycles. The second-order valence-electron chi connectivity index (χ2n) is 7.57. The van der Waals surface area contributed by atoms with Gasteiger partial charge in [0, 0.05) is 19.1 Å². The number of aromatic nitrogens is 3. The Kier molecular flexibility index (Phi) is 6.38. The van der Waals surface area contributed by atoms with E-state index in [1.807, 2.05) is 6.92 Å². The number of rotatable bonds is 7. The molecule has 2 heterocycles. The van der Waals surface area contributed by atoms with E-state index in [1.54, 1.807) is 0 Å². The summed E-state index contributed by atoms with van der Waals surface area (Å²) in [5, 5.41) is 12.0. The van der Waals surface area contributed by atoms with Crippen molar-refractivity contribution in [1.82, 2.24) is 19.1 Å². The Bertz CT molecular complexity index is 1050. The normalized spacial score (nSPS) is 17.8. The second-order valence-corrected chi connectivity index (χ2v) is 10.9. The lowest BCUT2D eigenvalue weighted by atomic mass is 10.2. The summed E-state index contributed by atoms with van der Waals surface area (Å²) in [7, 11) is -3.60. The van der Waals surface area contributed by atoms with Gasteiger partial charge in [-0.1, -0.05) is 29.8 Å². The molecule has 0 spiro atoms. The number of carbonyl (C=O) groups is 1. The lowest BCUT2D eigenvalue weighted by Gasteiger charge is -2.26. The van der Waals surface area contributed by atoms with Crippen LogP contribution >= 0.6 is 23.4 Å². The highest BCUT2D eigenvalue weighted by Crippen LogP contribution is 2.38. The number of sulfonamides is 1. The molecular formula is C19H24ClN5O3S2. The van der Waals surface area contributed by atoms with Crippen molar-refractivity contribution in [1.29, 1.82) is 0 Å². The molecule has 1 N–H and O–H groups in total. The fraction of sp³-hybridized carbons (Fsp3) is 0.526. The van der Waals surface area contributed by atoms with E-state index in [0.29, 0.717) is 29.8 Å². The van der Waals surface area contributed by atoms with Gasteiger partial charge in [0.15, 0.2) is 5.16 Å². The van der Waals surface area contributed by atoms with Crippen LogP contribution in [-0.2, 0) is 14.8 Å². The van der Waals surface area contributed by atoms with E-state index >= 15 is 0 Å². The van der Waals surface area contributed by atoms with Crippen LogP contribution in [0.2, 0.25) is 5.02 Å². The molecule has 1 saturated carbocycles. The van der Waals surface area contributed by atoms with Gasteiger partial charge in [-0.15, -0.1) is 10.2 Å². The van der Waals surface area contributed by atoms with Gasteiger partial charge in [-0.2, -0.15) is 4.31 Å². The van der Waals surface area contributed by atoms with Crippen LogP contribution in [0.4, 0.5) is 5.69 Å². The maximum Gasteiger partial charge on any atom is 0.243 e. The zero-order valence-electron chi connectivity index (χ0n) is 16.7. The lowest BCUT2D eigenvalue weighted by Crippen LogP contribution is -2.35. The van der Waals surface area contributed by atoms with Crippen LogP contribution in [0.3, 0.4) is 0 Å². The molecule has 0 bridgehead atoms. The molecule has 0 radical (unpaired) electrons. The van der Waals surface area contributed by atoms with Gasteiger partial charge >= 0.3 is 0 Å². The number of hydrogen-bond acceptors (Lipinski definition) is 6. The summed E-state index contributed by atoms with van der Waals surface area (Å²) in [6.07, 6.45) is 4.97. The summed E-state index contributed by atoms with van der Waals surface area (Å²) in [4.78, 5) is 12.6. The quantitative estimate of drug-likeness (QED) is 0.623.